The number of nitrogens with one attached hydrogen (secondary N) is 1. The lowest BCUT2D eigenvalue weighted by molar-refractivity contribution is -0.143. The van der Waals surface area contributed by atoms with Crippen LogP contribution >= 0.6 is 0 Å². The van der Waals surface area contributed by atoms with Gasteiger partial charge in [0.25, 0.3) is 0 Å². The van der Waals surface area contributed by atoms with E-state index in [-0.39, 0.29) is 5.92 Å². The van der Waals surface area contributed by atoms with Crippen LogP contribution in [0.4, 0.5) is 5.69 Å². The molecule has 1 saturated carbocycles. The average molecular weight is 259 g/mol. The van der Waals surface area contributed by atoms with Crippen molar-refractivity contribution in [3.05, 3.63) is 24.0 Å². The van der Waals surface area contributed by atoms with Crippen molar-refractivity contribution in [3.8, 4) is 6.07 Å². The Bertz CT molecular complexity index is 488. The Morgan fingerprint density at radius 3 is 2.84 bits per heavy atom. The molecule has 0 saturated heterocycles. The molecule has 0 spiro atoms. The lowest BCUT2D eigenvalue weighted by Gasteiger charge is -2.26. The van der Waals surface area contributed by atoms with E-state index in [2.05, 4.69) is 10.3 Å². The highest BCUT2D eigenvalue weighted by atomic mass is 16.4. The zero-order valence-electron chi connectivity index (χ0n) is 10.7. The van der Waals surface area contributed by atoms with Crippen molar-refractivity contribution in [1.82, 2.24) is 4.98 Å². The van der Waals surface area contributed by atoms with Crippen molar-refractivity contribution in [3.63, 3.8) is 0 Å². The van der Waals surface area contributed by atoms with Crippen molar-refractivity contribution < 1.29 is 9.90 Å². The molecule has 1 fully saturated rings. The van der Waals surface area contributed by atoms with Crippen molar-refractivity contribution in [2.24, 2.45) is 11.8 Å². The molecule has 5 nitrogen and oxygen atoms in total. The molecule has 0 atom stereocenters. The molecule has 1 aromatic heterocycles. The number of aliphatic carboxylic acids is 1. The first-order valence-electron chi connectivity index (χ1n) is 6.52. The number of nitriles is 1. The molecule has 1 heterocycles. The summed E-state index contributed by atoms with van der Waals surface area (Å²) in [5.74, 6) is -0.323. The SMILES string of the molecule is N#Cc1cc(NCC2CCC(C(=O)O)CC2)ccn1. The Balaban J connectivity index is 1.80. The molecule has 0 unspecified atom stereocenters. The Morgan fingerprint density at radius 2 is 2.21 bits per heavy atom. The highest BCUT2D eigenvalue weighted by Crippen LogP contribution is 2.29. The molecule has 1 aromatic rings. The Labute approximate surface area is 112 Å². The minimum absolute atomic E-state index is 0.164. The van der Waals surface area contributed by atoms with Crippen LogP contribution in [0.25, 0.3) is 0 Å². The molecule has 100 valence electrons. The number of hydrogen-bond acceptors (Lipinski definition) is 4. The third-order valence-corrected chi connectivity index (χ3v) is 3.67. The number of carboxylic acids is 1. The molecule has 1 aliphatic rings. The predicted molar refractivity (Wildman–Crippen MR) is 70.5 cm³/mol. The lowest BCUT2D eigenvalue weighted by Crippen LogP contribution is -2.25. The molecule has 2 N–H and O–H groups in total. The zero-order valence-corrected chi connectivity index (χ0v) is 10.7. The van der Waals surface area contributed by atoms with Crippen LogP contribution in [-0.4, -0.2) is 22.6 Å². The van der Waals surface area contributed by atoms with Gasteiger partial charge in [0.1, 0.15) is 11.8 Å². The largest absolute Gasteiger partial charge is 0.481 e. The number of nitrogens with zero attached hydrogens (tertiary/aromatic N) is 2. The minimum Gasteiger partial charge on any atom is -0.481 e. The predicted octanol–water partition coefficient (Wildman–Crippen LogP) is 2.26. The maximum absolute atomic E-state index is 10.9. The first kappa shape index (κ1) is 13.3. The minimum atomic E-state index is -0.667. The fourth-order valence-corrected chi connectivity index (χ4v) is 2.48. The molecule has 5 heteroatoms. The average Bonchev–Trinajstić information content (AvgIpc) is 2.46. The van der Waals surface area contributed by atoms with Crippen molar-refractivity contribution >= 4 is 11.7 Å². The molecule has 19 heavy (non-hydrogen) atoms. The fraction of sp³-hybridized carbons (Fsp3) is 0.500. The number of aromatic nitrogens is 1. The fourth-order valence-electron chi connectivity index (χ4n) is 2.48. The van der Waals surface area contributed by atoms with E-state index in [1.54, 1.807) is 12.3 Å². The molecule has 1 aliphatic carbocycles. The summed E-state index contributed by atoms with van der Waals surface area (Å²) in [5.41, 5.74) is 1.30. The Kier molecular flexibility index (Phi) is 4.35. The summed E-state index contributed by atoms with van der Waals surface area (Å²) in [4.78, 5) is 14.8. The van der Waals surface area contributed by atoms with E-state index in [0.29, 0.717) is 11.6 Å². The van der Waals surface area contributed by atoms with Crippen molar-refractivity contribution in [2.45, 2.75) is 25.7 Å². The molecule has 0 aliphatic heterocycles. The van der Waals surface area contributed by atoms with Gasteiger partial charge in [0.2, 0.25) is 0 Å². The van der Waals surface area contributed by atoms with Crippen LogP contribution in [0.15, 0.2) is 18.3 Å². The summed E-state index contributed by atoms with van der Waals surface area (Å²) in [6.45, 7) is 0.821. The summed E-state index contributed by atoms with van der Waals surface area (Å²) in [7, 11) is 0. The van der Waals surface area contributed by atoms with Crippen molar-refractivity contribution in [1.29, 1.82) is 5.26 Å². The summed E-state index contributed by atoms with van der Waals surface area (Å²) in [5, 5.41) is 21.0. The van der Waals surface area contributed by atoms with Crippen LogP contribution in [0.1, 0.15) is 31.4 Å². The standard InChI is InChI=1S/C14H17N3O2/c15-8-13-7-12(5-6-16-13)17-9-10-1-3-11(4-2-10)14(18)19/h5-7,10-11H,1-4,9H2,(H,16,17)(H,18,19). The van der Waals surface area contributed by atoms with Gasteiger partial charge in [-0.2, -0.15) is 5.26 Å². The molecule has 0 aromatic carbocycles. The number of pyridine rings is 1. The van der Waals surface area contributed by atoms with E-state index >= 15 is 0 Å². The normalized spacial score (nSPS) is 22.5. The topological polar surface area (TPSA) is 86.0 Å². The maximum Gasteiger partial charge on any atom is 0.306 e. The Hall–Kier alpha value is -2.09. The number of rotatable bonds is 4. The second kappa shape index (κ2) is 6.19. The summed E-state index contributed by atoms with van der Waals surface area (Å²) in [6.07, 6.45) is 5.03. The third kappa shape index (κ3) is 3.68. The lowest BCUT2D eigenvalue weighted by atomic mass is 9.82. The number of carbonyl (C=O) groups is 1. The smallest absolute Gasteiger partial charge is 0.306 e. The quantitative estimate of drug-likeness (QED) is 0.866. The molecule has 0 bridgehead atoms. The first-order valence-corrected chi connectivity index (χ1v) is 6.52. The van der Waals surface area contributed by atoms with Crippen LogP contribution < -0.4 is 5.32 Å². The van der Waals surface area contributed by atoms with E-state index in [9.17, 15) is 4.79 Å². The molecule has 0 radical (unpaired) electrons. The van der Waals surface area contributed by atoms with Crippen molar-refractivity contribution in [2.75, 3.05) is 11.9 Å². The number of hydrogen-bond donors (Lipinski definition) is 2. The highest BCUT2D eigenvalue weighted by molar-refractivity contribution is 5.70. The number of anilines is 1. The van der Waals surface area contributed by atoms with Gasteiger partial charge in [-0.1, -0.05) is 0 Å². The zero-order chi connectivity index (χ0) is 13.7. The van der Waals surface area contributed by atoms with Gasteiger partial charge in [0.05, 0.1) is 5.92 Å². The maximum atomic E-state index is 10.9. The van der Waals surface area contributed by atoms with E-state index < -0.39 is 5.97 Å². The summed E-state index contributed by atoms with van der Waals surface area (Å²) in [6, 6.07) is 5.57. The highest BCUT2D eigenvalue weighted by Gasteiger charge is 2.25. The van der Waals surface area contributed by atoms with Gasteiger partial charge in [-0.3, -0.25) is 4.79 Å². The van der Waals surface area contributed by atoms with Gasteiger partial charge in [-0.25, -0.2) is 4.98 Å². The van der Waals surface area contributed by atoms with Gasteiger partial charge in [-0.05, 0) is 43.7 Å². The second-order valence-corrected chi connectivity index (χ2v) is 4.98. The van der Waals surface area contributed by atoms with Gasteiger partial charge in [0, 0.05) is 18.4 Å². The Morgan fingerprint density at radius 1 is 1.47 bits per heavy atom. The number of carboxylic acid groups (broad SMARTS) is 1. The van der Waals surface area contributed by atoms with Crippen LogP contribution in [0.3, 0.4) is 0 Å². The van der Waals surface area contributed by atoms with Crippen LogP contribution in [0.2, 0.25) is 0 Å². The molecular weight excluding hydrogens is 242 g/mol. The summed E-state index contributed by atoms with van der Waals surface area (Å²) >= 11 is 0. The molecule has 2 rings (SSSR count). The van der Waals surface area contributed by atoms with E-state index in [1.807, 2.05) is 12.1 Å². The van der Waals surface area contributed by atoms with Gasteiger partial charge < -0.3 is 10.4 Å². The van der Waals surface area contributed by atoms with Gasteiger partial charge in [0.15, 0.2) is 0 Å². The van der Waals surface area contributed by atoms with Gasteiger partial charge in [-0.15, -0.1) is 0 Å². The van der Waals surface area contributed by atoms with Crippen LogP contribution in [-0.2, 0) is 4.79 Å². The molecular formula is C14H17N3O2. The van der Waals surface area contributed by atoms with Gasteiger partial charge >= 0.3 is 5.97 Å². The van der Waals surface area contributed by atoms with E-state index in [1.165, 1.54) is 0 Å². The van der Waals surface area contributed by atoms with E-state index in [0.717, 1.165) is 37.9 Å². The second-order valence-electron chi connectivity index (χ2n) is 4.98. The van der Waals surface area contributed by atoms with E-state index in [4.69, 9.17) is 10.4 Å². The van der Waals surface area contributed by atoms with Crippen LogP contribution in [0, 0.1) is 23.2 Å². The summed E-state index contributed by atoms with van der Waals surface area (Å²) < 4.78 is 0. The first-order chi connectivity index (χ1) is 9.19. The monoisotopic (exact) mass is 259 g/mol. The molecule has 0 amide bonds. The van der Waals surface area contributed by atoms with Crippen LogP contribution in [0.5, 0.6) is 0 Å². The third-order valence-electron chi connectivity index (χ3n) is 3.67.